The maximum Gasteiger partial charge on any atom is 0.255 e. The third kappa shape index (κ3) is 3.37. The molecule has 17 heavy (non-hydrogen) atoms. The Morgan fingerprint density at radius 1 is 1.35 bits per heavy atom. The number of phenols is 2. The van der Waals surface area contributed by atoms with E-state index in [9.17, 15) is 9.90 Å². The maximum atomic E-state index is 11.9. The van der Waals surface area contributed by atoms with Crippen molar-refractivity contribution in [1.82, 2.24) is 5.32 Å². The highest BCUT2D eigenvalue weighted by Crippen LogP contribution is 2.22. The minimum atomic E-state index is -0.317. The molecule has 94 valence electrons. The molecule has 0 fully saturated rings. The predicted octanol–water partition coefficient (Wildman–Crippen LogP) is 2.26. The van der Waals surface area contributed by atoms with Gasteiger partial charge >= 0.3 is 0 Å². The van der Waals surface area contributed by atoms with Gasteiger partial charge in [0.2, 0.25) is 0 Å². The fraction of sp³-hybridized carbons (Fsp3) is 0.462. The molecule has 0 radical (unpaired) electrons. The van der Waals surface area contributed by atoms with Crippen LogP contribution in [0.3, 0.4) is 0 Å². The number of carbonyl (C=O) groups is 1. The van der Waals surface area contributed by atoms with Crippen molar-refractivity contribution in [1.29, 1.82) is 0 Å². The second kappa shape index (κ2) is 5.57. The van der Waals surface area contributed by atoms with E-state index in [0.717, 1.165) is 12.5 Å². The van der Waals surface area contributed by atoms with Gasteiger partial charge < -0.3 is 15.5 Å². The molecule has 0 aliphatic carbocycles. The molecule has 0 aliphatic rings. The molecule has 0 heterocycles. The van der Waals surface area contributed by atoms with Crippen LogP contribution in [0.1, 0.15) is 37.6 Å². The van der Waals surface area contributed by atoms with Gasteiger partial charge in [0.15, 0.2) is 0 Å². The minimum absolute atomic E-state index is 0.0602. The Labute approximate surface area is 101 Å². The fourth-order valence-electron chi connectivity index (χ4n) is 1.70. The Hall–Kier alpha value is -1.71. The van der Waals surface area contributed by atoms with Crippen molar-refractivity contribution in [2.24, 2.45) is 5.92 Å². The lowest BCUT2D eigenvalue weighted by atomic mass is 10.0. The third-order valence-corrected chi connectivity index (χ3v) is 2.79. The van der Waals surface area contributed by atoms with Gasteiger partial charge in [-0.05, 0) is 24.5 Å². The maximum absolute atomic E-state index is 11.9. The van der Waals surface area contributed by atoms with Gasteiger partial charge in [-0.3, -0.25) is 4.79 Å². The van der Waals surface area contributed by atoms with Crippen molar-refractivity contribution in [3.8, 4) is 11.5 Å². The molecule has 1 aromatic rings. The largest absolute Gasteiger partial charge is 0.508 e. The molecule has 0 aromatic heterocycles. The molecule has 0 saturated carbocycles. The van der Waals surface area contributed by atoms with Gasteiger partial charge in [0.25, 0.3) is 5.91 Å². The minimum Gasteiger partial charge on any atom is -0.508 e. The molecule has 1 unspecified atom stereocenters. The summed E-state index contributed by atoms with van der Waals surface area (Å²) in [5.41, 5.74) is 0.182. The Balaban J connectivity index is 2.82. The van der Waals surface area contributed by atoms with Gasteiger partial charge in [0.05, 0.1) is 5.56 Å². The standard InChI is InChI=1S/C13H19NO3/c1-4-11(8(2)3)14-13(17)10-6-5-9(15)7-12(10)16/h5-8,11,15-16H,4H2,1-3H3,(H,14,17). The zero-order valence-electron chi connectivity index (χ0n) is 10.4. The number of rotatable bonds is 4. The summed E-state index contributed by atoms with van der Waals surface area (Å²) in [6.07, 6.45) is 0.836. The lowest BCUT2D eigenvalue weighted by molar-refractivity contribution is 0.0922. The van der Waals surface area contributed by atoms with Crippen molar-refractivity contribution in [3.05, 3.63) is 23.8 Å². The summed E-state index contributed by atoms with van der Waals surface area (Å²) >= 11 is 0. The zero-order chi connectivity index (χ0) is 13.0. The van der Waals surface area contributed by atoms with E-state index in [1.165, 1.54) is 12.1 Å². The highest BCUT2D eigenvalue weighted by Gasteiger charge is 2.17. The number of aromatic hydroxyl groups is 2. The summed E-state index contributed by atoms with van der Waals surface area (Å²) in [5, 5.41) is 21.6. The van der Waals surface area contributed by atoms with Crippen LogP contribution in [-0.2, 0) is 0 Å². The number of phenolic OH excluding ortho intramolecular Hbond substituents is 2. The fourth-order valence-corrected chi connectivity index (χ4v) is 1.70. The molecule has 4 nitrogen and oxygen atoms in total. The number of benzene rings is 1. The molecule has 4 heteroatoms. The SMILES string of the molecule is CCC(NC(=O)c1ccc(O)cc1O)C(C)C. The van der Waals surface area contributed by atoms with Crippen LogP contribution in [0.2, 0.25) is 0 Å². The quantitative estimate of drug-likeness (QED) is 0.752. The van der Waals surface area contributed by atoms with E-state index in [2.05, 4.69) is 5.32 Å². The van der Waals surface area contributed by atoms with Crippen molar-refractivity contribution in [2.75, 3.05) is 0 Å². The Morgan fingerprint density at radius 2 is 2.00 bits per heavy atom. The highest BCUT2D eigenvalue weighted by atomic mass is 16.3. The number of hydrogen-bond acceptors (Lipinski definition) is 3. The van der Waals surface area contributed by atoms with Crippen LogP contribution in [0.4, 0.5) is 0 Å². The lowest BCUT2D eigenvalue weighted by Gasteiger charge is -2.20. The first-order valence-electron chi connectivity index (χ1n) is 5.78. The van der Waals surface area contributed by atoms with Gasteiger partial charge in [-0.25, -0.2) is 0 Å². The molecule has 1 aromatic carbocycles. The van der Waals surface area contributed by atoms with E-state index in [4.69, 9.17) is 5.11 Å². The molecule has 0 spiro atoms. The first-order valence-corrected chi connectivity index (χ1v) is 5.78. The van der Waals surface area contributed by atoms with Crippen molar-refractivity contribution < 1.29 is 15.0 Å². The number of carbonyl (C=O) groups excluding carboxylic acids is 1. The molecule has 3 N–H and O–H groups in total. The first kappa shape index (κ1) is 13.4. The highest BCUT2D eigenvalue weighted by molar-refractivity contribution is 5.97. The average Bonchev–Trinajstić information content (AvgIpc) is 2.24. The molecular formula is C13H19NO3. The molecule has 0 bridgehead atoms. The summed E-state index contributed by atoms with van der Waals surface area (Å²) < 4.78 is 0. The van der Waals surface area contributed by atoms with Crippen LogP contribution in [0, 0.1) is 5.92 Å². The molecule has 1 rings (SSSR count). The van der Waals surface area contributed by atoms with Gasteiger partial charge in [0, 0.05) is 12.1 Å². The molecule has 0 saturated heterocycles. The second-order valence-corrected chi connectivity index (χ2v) is 4.43. The first-order chi connectivity index (χ1) is 7.95. The van der Waals surface area contributed by atoms with Crippen LogP contribution in [0.25, 0.3) is 0 Å². The van der Waals surface area contributed by atoms with Gasteiger partial charge in [-0.1, -0.05) is 20.8 Å². The van der Waals surface area contributed by atoms with Crippen molar-refractivity contribution >= 4 is 5.91 Å². The van der Waals surface area contributed by atoms with E-state index in [-0.39, 0.29) is 29.0 Å². The number of hydrogen-bond donors (Lipinski definition) is 3. The summed E-state index contributed by atoms with van der Waals surface area (Å²) in [5.74, 6) is -0.248. The van der Waals surface area contributed by atoms with E-state index >= 15 is 0 Å². The monoisotopic (exact) mass is 237 g/mol. The van der Waals surface area contributed by atoms with E-state index in [1.807, 2.05) is 20.8 Å². The summed E-state index contributed by atoms with van der Waals surface area (Å²) in [7, 11) is 0. The van der Waals surface area contributed by atoms with E-state index in [1.54, 1.807) is 0 Å². The van der Waals surface area contributed by atoms with E-state index < -0.39 is 0 Å². The molecular weight excluding hydrogens is 218 g/mol. The summed E-state index contributed by atoms with van der Waals surface area (Å²) in [6.45, 7) is 6.07. The normalized spacial score (nSPS) is 12.5. The van der Waals surface area contributed by atoms with Crippen molar-refractivity contribution in [3.63, 3.8) is 0 Å². The van der Waals surface area contributed by atoms with E-state index in [0.29, 0.717) is 5.92 Å². The van der Waals surface area contributed by atoms with Crippen LogP contribution >= 0.6 is 0 Å². The van der Waals surface area contributed by atoms with Crippen LogP contribution < -0.4 is 5.32 Å². The molecule has 0 aliphatic heterocycles. The van der Waals surface area contributed by atoms with Crippen molar-refractivity contribution in [2.45, 2.75) is 33.2 Å². The van der Waals surface area contributed by atoms with Gasteiger partial charge in [-0.2, -0.15) is 0 Å². The van der Waals surface area contributed by atoms with Crippen LogP contribution in [0.15, 0.2) is 18.2 Å². The van der Waals surface area contributed by atoms with Crippen LogP contribution in [-0.4, -0.2) is 22.2 Å². The van der Waals surface area contributed by atoms with Gasteiger partial charge in [0.1, 0.15) is 11.5 Å². The molecule has 1 atom stereocenters. The number of amides is 1. The smallest absolute Gasteiger partial charge is 0.255 e. The molecule has 1 amide bonds. The lowest BCUT2D eigenvalue weighted by Crippen LogP contribution is -2.38. The third-order valence-electron chi connectivity index (χ3n) is 2.79. The predicted molar refractivity (Wildman–Crippen MR) is 66.2 cm³/mol. The topological polar surface area (TPSA) is 69.6 Å². The Kier molecular flexibility index (Phi) is 4.37. The van der Waals surface area contributed by atoms with Crippen LogP contribution in [0.5, 0.6) is 11.5 Å². The average molecular weight is 237 g/mol. The summed E-state index contributed by atoms with van der Waals surface area (Å²) in [4.78, 5) is 11.9. The summed E-state index contributed by atoms with van der Waals surface area (Å²) in [6, 6.07) is 4.03. The number of nitrogens with one attached hydrogen (secondary N) is 1. The zero-order valence-corrected chi connectivity index (χ0v) is 10.4. The Morgan fingerprint density at radius 3 is 2.47 bits per heavy atom. The van der Waals surface area contributed by atoms with Gasteiger partial charge in [-0.15, -0.1) is 0 Å². The second-order valence-electron chi connectivity index (χ2n) is 4.43. The Bertz CT molecular complexity index is 402.